The first-order valence-corrected chi connectivity index (χ1v) is 6.95. The number of hydrogen-bond donors (Lipinski definition) is 0. The Morgan fingerprint density at radius 2 is 1.94 bits per heavy atom. The fourth-order valence-corrected chi connectivity index (χ4v) is 2.68. The van der Waals surface area contributed by atoms with Crippen LogP contribution < -0.4 is 4.74 Å². The standard InChI is InChI=1S/C14H18BrNO2/c1-9-7-16(8-10(9)2)14(17)12-6-11(18-3)4-5-13(12)15/h4-6,9-10H,7-8H2,1-3H3. The summed E-state index contributed by atoms with van der Waals surface area (Å²) in [6.07, 6.45) is 0. The van der Waals surface area contributed by atoms with E-state index >= 15 is 0 Å². The fourth-order valence-electron chi connectivity index (χ4n) is 2.26. The third kappa shape index (κ3) is 2.53. The number of nitrogens with zero attached hydrogens (tertiary/aromatic N) is 1. The van der Waals surface area contributed by atoms with E-state index in [1.54, 1.807) is 13.2 Å². The molecule has 1 fully saturated rings. The molecule has 4 heteroatoms. The van der Waals surface area contributed by atoms with E-state index < -0.39 is 0 Å². The van der Waals surface area contributed by atoms with Crippen LogP contribution in [0, 0.1) is 11.8 Å². The lowest BCUT2D eigenvalue weighted by Crippen LogP contribution is -2.29. The molecule has 0 N–H and O–H groups in total. The van der Waals surface area contributed by atoms with Gasteiger partial charge in [0.25, 0.3) is 5.91 Å². The number of amides is 1. The van der Waals surface area contributed by atoms with Crippen LogP contribution in [0.4, 0.5) is 0 Å². The monoisotopic (exact) mass is 311 g/mol. The van der Waals surface area contributed by atoms with Crippen LogP contribution in [-0.2, 0) is 0 Å². The predicted octanol–water partition coefficient (Wildman–Crippen LogP) is 3.19. The molecule has 2 rings (SSSR count). The number of halogens is 1. The Morgan fingerprint density at radius 1 is 1.33 bits per heavy atom. The van der Waals surface area contributed by atoms with Gasteiger partial charge in [0, 0.05) is 17.6 Å². The normalized spacial score (nSPS) is 23.2. The minimum Gasteiger partial charge on any atom is -0.497 e. The molecule has 1 aromatic rings. The summed E-state index contributed by atoms with van der Waals surface area (Å²) < 4.78 is 5.99. The molecule has 1 aliphatic heterocycles. The van der Waals surface area contributed by atoms with Gasteiger partial charge in [0.05, 0.1) is 12.7 Å². The molecule has 1 heterocycles. The molecule has 2 unspecified atom stereocenters. The number of carbonyl (C=O) groups excluding carboxylic acids is 1. The van der Waals surface area contributed by atoms with Gasteiger partial charge in [0.1, 0.15) is 5.75 Å². The van der Waals surface area contributed by atoms with E-state index in [1.807, 2.05) is 17.0 Å². The molecule has 0 aliphatic carbocycles. The van der Waals surface area contributed by atoms with Crippen LogP contribution in [0.5, 0.6) is 5.75 Å². The molecule has 0 aromatic heterocycles. The van der Waals surface area contributed by atoms with E-state index in [1.165, 1.54) is 0 Å². The lowest BCUT2D eigenvalue weighted by molar-refractivity contribution is 0.0783. The molecule has 98 valence electrons. The zero-order valence-corrected chi connectivity index (χ0v) is 12.5. The zero-order valence-electron chi connectivity index (χ0n) is 10.9. The molecule has 18 heavy (non-hydrogen) atoms. The highest BCUT2D eigenvalue weighted by Crippen LogP contribution is 2.28. The SMILES string of the molecule is COc1ccc(Br)c(C(=O)N2CC(C)C(C)C2)c1. The second kappa shape index (κ2) is 5.31. The van der Waals surface area contributed by atoms with Crippen molar-refractivity contribution >= 4 is 21.8 Å². The number of rotatable bonds is 2. The third-order valence-electron chi connectivity index (χ3n) is 3.68. The Hall–Kier alpha value is -1.03. The van der Waals surface area contributed by atoms with E-state index in [0.29, 0.717) is 23.1 Å². The van der Waals surface area contributed by atoms with Gasteiger partial charge in [-0.1, -0.05) is 13.8 Å². The second-order valence-electron chi connectivity index (χ2n) is 5.01. The van der Waals surface area contributed by atoms with Gasteiger partial charge in [-0.2, -0.15) is 0 Å². The molecule has 1 aliphatic rings. The molecule has 0 radical (unpaired) electrons. The van der Waals surface area contributed by atoms with Gasteiger partial charge in [-0.05, 0) is 46.0 Å². The van der Waals surface area contributed by atoms with E-state index in [4.69, 9.17) is 4.74 Å². The first kappa shape index (κ1) is 13.4. The van der Waals surface area contributed by atoms with Crippen molar-refractivity contribution in [1.82, 2.24) is 4.90 Å². The third-order valence-corrected chi connectivity index (χ3v) is 4.37. The average Bonchev–Trinajstić information content (AvgIpc) is 2.69. The van der Waals surface area contributed by atoms with Crippen LogP contribution in [-0.4, -0.2) is 31.0 Å². The smallest absolute Gasteiger partial charge is 0.255 e. The molecule has 1 amide bonds. The number of benzene rings is 1. The van der Waals surface area contributed by atoms with Gasteiger partial charge >= 0.3 is 0 Å². The van der Waals surface area contributed by atoms with Gasteiger partial charge in [0.2, 0.25) is 0 Å². The Bertz CT molecular complexity index is 451. The maximum Gasteiger partial charge on any atom is 0.255 e. The van der Waals surface area contributed by atoms with Crippen molar-refractivity contribution in [3.8, 4) is 5.75 Å². The summed E-state index contributed by atoms with van der Waals surface area (Å²) in [5, 5.41) is 0. The van der Waals surface area contributed by atoms with Gasteiger partial charge in [-0.25, -0.2) is 0 Å². The van der Waals surface area contributed by atoms with Crippen molar-refractivity contribution in [3.05, 3.63) is 28.2 Å². The summed E-state index contributed by atoms with van der Waals surface area (Å²) in [5.41, 5.74) is 0.677. The van der Waals surface area contributed by atoms with Crippen molar-refractivity contribution in [2.75, 3.05) is 20.2 Å². The van der Waals surface area contributed by atoms with Crippen molar-refractivity contribution in [2.45, 2.75) is 13.8 Å². The maximum absolute atomic E-state index is 12.5. The van der Waals surface area contributed by atoms with Gasteiger partial charge < -0.3 is 9.64 Å². The predicted molar refractivity (Wildman–Crippen MR) is 74.9 cm³/mol. The summed E-state index contributed by atoms with van der Waals surface area (Å²) >= 11 is 3.43. The van der Waals surface area contributed by atoms with Crippen molar-refractivity contribution in [2.24, 2.45) is 11.8 Å². The molecule has 0 saturated carbocycles. The number of carbonyl (C=O) groups is 1. The van der Waals surface area contributed by atoms with Crippen molar-refractivity contribution in [3.63, 3.8) is 0 Å². The first-order valence-electron chi connectivity index (χ1n) is 6.15. The van der Waals surface area contributed by atoms with E-state index in [-0.39, 0.29) is 5.91 Å². The lowest BCUT2D eigenvalue weighted by Gasteiger charge is -2.17. The van der Waals surface area contributed by atoms with Crippen LogP contribution in [0.1, 0.15) is 24.2 Å². The van der Waals surface area contributed by atoms with Crippen LogP contribution in [0.15, 0.2) is 22.7 Å². The zero-order chi connectivity index (χ0) is 13.3. The van der Waals surface area contributed by atoms with Crippen LogP contribution >= 0.6 is 15.9 Å². The minimum atomic E-state index is 0.0805. The van der Waals surface area contributed by atoms with Crippen LogP contribution in [0.3, 0.4) is 0 Å². The number of likely N-dealkylation sites (tertiary alicyclic amines) is 1. The van der Waals surface area contributed by atoms with E-state index in [2.05, 4.69) is 29.8 Å². The molecule has 0 bridgehead atoms. The summed E-state index contributed by atoms with van der Waals surface area (Å²) in [5.74, 6) is 1.93. The molecule has 1 saturated heterocycles. The van der Waals surface area contributed by atoms with E-state index in [0.717, 1.165) is 17.6 Å². The second-order valence-corrected chi connectivity index (χ2v) is 5.86. The van der Waals surface area contributed by atoms with Crippen molar-refractivity contribution < 1.29 is 9.53 Å². The highest BCUT2D eigenvalue weighted by molar-refractivity contribution is 9.10. The fraction of sp³-hybridized carbons (Fsp3) is 0.500. The Morgan fingerprint density at radius 3 is 2.50 bits per heavy atom. The van der Waals surface area contributed by atoms with Gasteiger partial charge in [-0.3, -0.25) is 4.79 Å². The lowest BCUT2D eigenvalue weighted by atomic mass is 10.0. The average molecular weight is 312 g/mol. The summed E-state index contributed by atoms with van der Waals surface area (Å²) in [6, 6.07) is 5.49. The molecule has 0 spiro atoms. The number of hydrogen-bond acceptors (Lipinski definition) is 2. The Balaban J connectivity index is 2.23. The van der Waals surface area contributed by atoms with E-state index in [9.17, 15) is 4.79 Å². The highest BCUT2D eigenvalue weighted by Gasteiger charge is 2.30. The van der Waals surface area contributed by atoms with Crippen LogP contribution in [0.2, 0.25) is 0 Å². The number of methoxy groups -OCH3 is 1. The van der Waals surface area contributed by atoms with Crippen LogP contribution in [0.25, 0.3) is 0 Å². The molecular weight excluding hydrogens is 294 g/mol. The Kier molecular flexibility index (Phi) is 3.95. The molecule has 3 nitrogen and oxygen atoms in total. The molecule has 1 aromatic carbocycles. The summed E-state index contributed by atoms with van der Waals surface area (Å²) in [7, 11) is 1.61. The van der Waals surface area contributed by atoms with Gasteiger partial charge in [0.15, 0.2) is 0 Å². The molecule has 2 atom stereocenters. The first-order chi connectivity index (χ1) is 8.52. The quantitative estimate of drug-likeness (QED) is 0.839. The topological polar surface area (TPSA) is 29.5 Å². The minimum absolute atomic E-state index is 0.0805. The maximum atomic E-state index is 12.5. The largest absolute Gasteiger partial charge is 0.497 e. The molecular formula is C14H18BrNO2. The number of ether oxygens (including phenoxy) is 1. The highest BCUT2D eigenvalue weighted by atomic mass is 79.9. The van der Waals surface area contributed by atoms with Crippen molar-refractivity contribution in [1.29, 1.82) is 0 Å². The van der Waals surface area contributed by atoms with Gasteiger partial charge in [-0.15, -0.1) is 0 Å². The summed E-state index contributed by atoms with van der Waals surface area (Å²) in [4.78, 5) is 14.4. The summed E-state index contributed by atoms with van der Waals surface area (Å²) in [6.45, 7) is 6.06. The Labute approximate surface area is 116 Å².